The molecule has 8 nitrogen and oxygen atoms in total. The molecule has 21 heavy (non-hydrogen) atoms. The second kappa shape index (κ2) is 8.13. The van der Waals surface area contributed by atoms with Crippen LogP contribution >= 0.6 is 11.6 Å². The number of hydrazine groups is 1. The summed E-state index contributed by atoms with van der Waals surface area (Å²) >= 11 is 5.74. The Balaban J connectivity index is 2.54. The maximum absolute atomic E-state index is 11.6. The van der Waals surface area contributed by atoms with E-state index >= 15 is 0 Å². The topological polar surface area (TPSA) is 142 Å². The van der Waals surface area contributed by atoms with E-state index < -0.39 is 36.9 Å². The van der Waals surface area contributed by atoms with Gasteiger partial charge in [-0.1, -0.05) is 17.7 Å². The second-order valence-electron chi connectivity index (χ2n) is 4.30. The first-order valence-corrected chi connectivity index (χ1v) is 6.39. The van der Waals surface area contributed by atoms with Crippen LogP contribution < -0.4 is 10.9 Å². The van der Waals surface area contributed by atoms with Gasteiger partial charge in [-0.3, -0.25) is 15.6 Å². The van der Waals surface area contributed by atoms with Crippen molar-refractivity contribution in [3.05, 3.63) is 29.3 Å². The molecule has 0 aromatic heterocycles. The molecule has 0 saturated heterocycles. The van der Waals surface area contributed by atoms with Crippen molar-refractivity contribution < 1.29 is 30.3 Å². The number of carbonyl (C=O) groups excluding carboxylic acids is 1. The van der Waals surface area contributed by atoms with E-state index in [0.29, 0.717) is 10.7 Å². The number of rotatable bonds is 7. The van der Waals surface area contributed by atoms with Crippen LogP contribution in [0.3, 0.4) is 0 Å². The molecule has 1 aromatic carbocycles. The predicted molar refractivity (Wildman–Crippen MR) is 74.3 cm³/mol. The molecule has 1 aromatic rings. The summed E-state index contributed by atoms with van der Waals surface area (Å²) in [6.45, 7) is -0.826. The number of halogens is 1. The fraction of sp³-hybridized carbons (Fsp3) is 0.417. The van der Waals surface area contributed by atoms with Gasteiger partial charge >= 0.3 is 0 Å². The van der Waals surface area contributed by atoms with Crippen molar-refractivity contribution in [3.63, 3.8) is 0 Å². The smallest absolute Gasteiger partial charge is 0.269 e. The summed E-state index contributed by atoms with van der Waals surface area (Å²) < 4.78 is 0. The summed E-state index contributed by atoms with van der Waals surface area (Å²) in [6.07, 6.45) is -7.52. The van der Waals surface area contributed by atoms with Crippen molar-refractivity contribution in [2.45, 2.75) is 24.4 Å². The summed E-state index contributed by atoms with van der Waals surface area (Å²) in [5, 5.41) is 46.6. The number of benzene rings is 1. The molecule has 118 valence electrons. The second-order valence-corrected chi connectivity index (χ2v) is 4.74. The Kier molecular flexibility index (Phi) is 6.82. The van der Waals surface area contributed by atoms with Crippen molar-refractivity contribution in [1.82, 2.24) is 5.43 Å². The first kappa shape index (κ1) is 17.6. The van der Waals surface area contributed by atoms with E-state index in [1.54, 1.807) is 18.2 Å². The highest BCUT2D eigenvalue weighted by molar-refractivity contribution is 6.30. The fourth-order valence-corrected chi connectivity index (χ4v) is 1.64. The lowest BCUT2D eigenvalue weighted by atomic mass is 10.0. The van der Waals surface area contributed by atoms with Gasteiger partial charge in [0.05, 0.1) is 12.3 Å². The van der Waals surface area contributed by atoms with Crippen LogP contribution in [0.5, 0.6) is 0 Å². The number of anilines is 1. The monoisotopic (exact) mass is 320 g/mol. The molecule has 0 aliphatic heterocycles. The molecule has 4 unspecified atom stereocenters. The van der Waals surface area contributed by atoms with E-state index in [1.807, 2.05) is 0 Å². The van der Waals surface area contributed by atoms with Crippen LogP contribution in [0.1, 0.15) is 0 Å². The van der Waals surface area contributed by atoms with E-state index in [-0.39, 0.29) is 0 Å². The number of amides is 1. The van der Waals surface area contributed by atoms with Crippen LogP contribution in [-0.2, 0) is 4.79 Å². The van der Waals surface area contributed by atoms with E-state index in [4.69, 9.17) is 21.8 Å². The Morgan fingerprint density at radius 3 is 2.43 bits per heavy atom. The molecule has 0 radical (unpaired) electrons. The average molecular weight is 321 g/mol. The van der Waals surface area contributed by atoms with Crippen molar-refractivity contribution in [2.75, 3.05) is 12.0 Å². The first-order valence-electron chi connectivity index (χ1n) is 6.01. The molecule has 0 heterocycles. The summed E-state index contributed by atoms with van der Waals surface area (Å²) in [4.78, 5) is 11.6. The van der Waals surface area contributed by atoms with E-state index in [1.165, 1.54) is 6.07 Å². The third-order valence-corrected chi connectivity index (χ3v) is 2.91. The van der Waals surface area contributed by atoms with Crippen molar-refractivity contribution >= 4 is 23.2 Å². The Morgan fingerprint density at radius 1 is 1.19 bits per heavy atom. The lowest BCUT2D eigenvalue weighted by molar-refractivity contribution is -0.148. The normalized spacial score (nSPS) is 16.7. The van der Waals surface area contributed by atoms with Crippen molar-refractivity contribution in [1.29, 1.82) is 0 Å². The van der Waals surface area contributed by atoms with Crippen LogP contribution in [-0.4, -0.2) is 62.5 Å². The summed E-state index contributed by atoms with van der Waals surface area (Å²) in [7, 11) is 0. The molecule has 0 aliphatic carbocycles. The molecule has 0 bridgehead atoms. The quantitative estimate of drug-likeness (QED) is 0.294. The fourth-order valence-electron chi connectivity index (χ4n) is 1.45. The van der Waals surface area contributed by atoms with Crippen LogP contribution in [0, 0.1) is 0 Å². The number of hydrogen-bond acceptors (Lipinski definition) is 7. The number of nitrogens with one attached hydrogen (secondary N) is 2. The van der Waals surface area contributed by atoms with Crippen molar-refractivity contribution in [2.24, 2.45) is 0 Å². The molecule has 0 fully saturated rings. The third kappa shape index (κ3) is 5.12. The number of hydrogen-bond donors (Lipinski definition) is 7. The Hall–Kier alpha value is -1.42. The Labute approximate surface area is 125 Å². The molecular formula is C12H17ClN2O6. The minimum absolute atomic E-state index is 0.427. The van der Waals surface area contributed by atoms with Gasteiger partial charge in [-0.25, -0.2) is 0 Å². The lowest BCUT2D eigenvalue weighted by Crippen LogP contribution is -2.52. The summed E-state index contributed by atoms with van der Waals surface area (Å²) in [5.74, 6) is -1.04. The maximum Gasteiger partial charge on any atom is 0.269 e. The highest BCUT2D eigenvalue weighted by Crippen LogP contribution is 2.14. The van der Waals surface area contributed by atoms with Gasteiger partial charge in [0.2, 0.25) is 0 Å². The largest absolute Gasteiger partial charge is 0.394 e. The van der Waals surface area contributed by atoms with Gasteiger partial charge in [-0.05, 0) is 18.2 Å². The summed E-state index contributed by atoms with van der Waals surface area (Å²) in [5.41, 5.74) is 5.00. The molecule has 1 rings (SSSR count). The molecule has 1 amide bonds. The van der Waals surface area contributed by atoms with Crippen LogP contribution in [0.25, 0.3) is 0 Å². The third-order valence-electron chi connectivity index (χ3n) is 2.68. The molecule has 0 aliphatic rings. The van der Waals surface area contributed by atoms with E-state index in [0.717, 1.165) is 0 Å². The van der Waals surface area contributed by atoms with Gasteiger partial charge in [0, 0.05) is 5.02 Å². The van der Waals surface area contributed by atoms with Gasteiger partial charge in [0.1, 0.15) is 18.3 Å². The summed E-state index contributed by atoms with van der Waals surface area (Å²) in [6, 6.07) is 6.36. The van der Waals surface area contributed by atoms with Gasteiger partial charge in [0.25, 0.3) is 5.91 Å². The zero-order valence-electron chi connectivity index (χ0n) is 10.8. The molecule has 0 spiro atoms. The first-order chi connectivity index (χ1) is 9.86. The van der Waals surface area contributed by atoms with Gasteiger partial charge in [-0.2, -0.15) is 0 Å². The molecule has 9 heteroatoms. The minimum Gasteiger partial charge on any atom is -0.394 e. The number of aliphatic hydroxyl groups excluding tert-OH is 5. The zero-order valence-corrected chi connectivity index (χ0v) is 11.6. The standard InChI is InChI=1S/C12H17ClN2O6/c13-6-2-1-3-7(4-6)14-15-12(21)11(20)10(19)9(18)8(17)5-16/h1-4,8-11,14,16-20H,5H2,(H,15,21). The average Bonchev–Trinajstić information content (AvgIpc) is 2.49. The molecule has 0 saturated carbocycles. The Morgan fingerprint density at radius 2 is 1.86 bits per heavy atom. The maximum atomic E-state index is 11.6. The SMILES string of the molecule is O=C(NNc1cccc(Cl)c1)C(O)C(O)C(O)C(O)CO. The minimum atomic E-state index is -2.01. The van der Waals surface area contributed by atoms with Crippen LogP contribution in [0.2, 0.25) is 5.02 Å². The van der Waals surface area contributed by atoms with Gasteiger partial charge in [-0.15, -0.1) is 0 Å². The zero-order chi connectivity index (χ0) is 16.0. The van der Waals surface area contributed by atoms with Crippen LogP contribution in [0.15, 0.2) is 24.3 Å². The van der Waals surface area contributed by atoms with E-state index in [9.17, 15) is 20.1 Å². The lowest BCUT2D eigenvalue weighted by Gasteiger charge is -2.25. The molecular weight excluding hydrogens is 304 g/mol. The highest BCUT2D eigenvalue weighted by atomic mass is 35.5. The number of aliphatic hydroxyl groups is 5. The van der Waals surface area contributed by atoms with Gasteiger partial charge < -0.3 is 25.5 Å². The van der Waals surface area contributed by atoms with Gasteiger partial charge in [0.15, 0.2) is 6.10 Å². The number of carbonyl (C=O) groups is 1. The van der Waals surface area contributed by atoms with Crippen molar-refractivity contribution in [3.8, 4) is 0 Å². The van der Waals surface area contributed by atoms with E-state index in [2.05, 4.69) is 10.9 Å². The van der Waals surface area contributed by atoms with Crippen LogP contribution in [0.4, 0.5) is 5.69 Å². The Bertz CT molecular complexity index is 475. The predicted octanol–water partition coefficient (Wildman–Crippen LogP) is -1.78. The molecule has 7 N–H and O–H groups in total. The highest BCUT2D eigenvalue weighted by Gasteiger charge is 2.34. The molecule has 4 atom stereocenters.